The van der Waals surface area contributed by atoms with Gasteiger partial charge in [0.1, 0.15) is 5.54 Å². The van der Waals surface area contributed by atoms with Gasteiger partial charge in [-0.2, -0.15) is 5.10 Å². The molecule has 136 valence electrons. The van der Waals surface area contributed by atoms with Gasteiger partial charge in [0.15, 0.2) is 0 Å². The molecule has 0 saturated carbocycles. The van der Waals surface area contributed by atoms with Crippen LogP contribution in [0.2, 0.25) is 0 Å². The molecule has 0 spiro atoms. The summed E-state index contributed by atoms with van der Waals surface area (Å²) >= 11 is 0. The zero-order chi connectivity index (χ0) is 17.0. The zero-order valence-corrected chi connectivity index (χ0v) is 15.7. The molecule has 1 saturated heterocycles. The number of hydrogen-bond donors (Lipinski definition) is 2. The molecule has 1 aromatic carbocycles. The lowest BCUT2D eigenvalue weighted by atomic mass is 9.87. The number of piperidine rings is 1. The van der Waals surface area contributed by atoms with Gasteiger partial charge in [0.05, 0.1) is 0 Å². The molecular weight excluding hydrogens is 336 g/mol. The van der Waals surface area contributed by atoms with Crippen molar-refractivity contribution in [1.29, 1.82) is 0 Å². The smallest absolute Gasteiger partial charge is 0.248 e. The third-order valence-corrected chi connectivity index (χ3v) is 4.78. The van der Waals surface area contributed by atoms with Crippen LogP contribution in [-0.4, -0.2) is 35.3 Å². The quantitative estimate of drug-likeness (QED) is 0.858. The maximum absolute atomic E-state index is 12.9. The molecule has 1 aliphatic rings. The molecule has 2 N–H and O–H groups in total. The minimum absolute atomic E-state index is 0. The third kappa shape index (κ3) is 4.41. The standard InChI is InChI=1S/C19H26N4O.ClH/c1-15-12-16(2)14-17(13-15)4-8-21-18(24)19(5-9-20-10-6-19)23-11-3-7-22-23;/h3,7,11-14,20H,4-6,8-10H2,1-2H3,(H,21,24);1H. The number of carbonyl (C=O) groups is 1. The molecule has 0 unspecified atom stereocenters. The lowest BCUT2D eigenvalue weighted by Gasteiger charge is -2.36. The second kappa shape index (κ2) is 8.50. The van der Waals surface area contributed by atoms with Crippen LogP contribution >= 0.6 is 12.4 Å². The van der Waals surface area contributed by atoms with E-state index >= 15 is 0 Å². The number of carbonyl (C=O) groups excluding carboxylic acids is 1. The second-order valence-corrected chi connectivity index (χ2v) is 6.73. The van der Waals surface area contributed by atoms with E-state index in [1.165, 1.54) is 16.7 Å². The molecule has 5 nitrogen and oxygen atoms in total. The van der Waals surface area contributed by atoms with Crippen molar-refractivity contribution in [2.45, 2.75) is 38.6 Å². The van der Waals surface area contributed by atoms with Gasteiger partial charge in [-0.25, -0.2) is 0 Å². The summed E-state index contributed by atoms with van der Waals surface area (Å²) in [5.41, 5.74) is 3.24. The highest BCUT2D eigenvalue weighted by Crippen LogP contribution is 2.27. The van der Waals surface area contributed by atoms with Crippen molar-refractivity contribution in [3.05, 3.63) is 53.3 Å². The van der Waals surface area contributed by atoms with Crippen LogP contribution in [0.25, 0.3) is 0 Å². The molecule has 0 aliphatic carbocycles. The summed E-state index contributed by atoms with van der Waals surface area (Å²) < 4.78 is 1.83. The predicted molar refractivity (Wildman–Crippen MR) is 102 cm³/mol. The molecule has 2 aromatic rings. The first-order chi connectivity index (χ1) is 11.6. The number of rotatable bonds is 5. The summed E-state index contributed by atoms with van der Waals surface area (Å²) in [4.78, 5) is 12.9. The summed E-state index contributed by atoms with van der Waals surface area (Å²) in [5, 5.41) is 10.8. The van der Waals surface area contributed by atoms with Crippen LogP contribution in [0.3, 0.4) is 0 Å². The number of nitrogens with one attached hydrogen (secondary N) is 2. The summed E-state index contributed by atoms with van der Waals surface area (Å²) in [6.07, 6.45) is 6.03. The van der Waals surface area contributed by atoms with E-state index in [0.717, 1.165) is 32.4 Å². The van der Waals surface area contributed by atoms with Crippen molar-refractivity contribution >= 4 is 18.3 Å². The van der Waals surface area contributed by atoms with E-state index in [9.17, 15) is 4.79 Å². The maximum Gasteiger partial charge on any atom is 0.248 e. The second-order valence-electron chi connectivity index (χ2n) is 6.73. The first-order valence-corrected chi connectivity index (χ1v) is 8.66. The number of amides is 1. The van der Waals surface area contributed by atoms with Gasteiger partial charge in [-0.3, -0.25) is 9.48 Å². The van der Waals surface area contributed by atoms with Crippen molar-refractivity contribution in [3.63, 3.8) is 0 Å². The van der Waals surface area contributed by atoms with E-state index in [1.807, 2.05) is 16.9 Å². The summed E-state index contributed by atoms with van der Waals surface area (Å²) in [6.45, 7) is 6.54. The first kappa shape index (κ1) is 19.5. The topological polar surface area (TPSA) is 59.0 Å². The maximum atomic E-state index is 12.9. The Morgan fingerprint density at radius 1 is 1.24 bits per heavy atom. The van der Waals surface area contributed by atoms with Crippen molar-refractivity contribution < 1.29 is 4.79 Å². The van der Waals surface area contributed by atoms with Crippen molar-refractivity contribution in [2.75, 3.05) is 19.6 Å². The average Bonchev–Trinajstić information content (AvgIpc) is 3.09. The van der Waals surface area contributed by atoms with Gasteiger partial charge in [-0.15, -0.1) is 12.4 Å². The van der Waals surface area contributed by atoms with Crippen molar-refractivity contribution in [2.24, 2.45) is 0 Å². The molecule has 0 radical (unpaired) electrons. The van der Waals surface area contributed by atoms with Crippen LogP contribution in [0.5, 0.6) is 0 Å². The summed E-state index contributed by atoms with van der Waals surface area (Å²) in [7, 11) is 0. The molecule has 0 atom stereocenters. The predicted octanol–water partition coefficient (Wildman–Crippen LogP) is 2.36. The van der Waals surface area contributed by atoms with Crippen LogP contribution in [-0.2, 0) is 16.8 Å². The Kier molecular flexibility index (Phi) is 6.62. The summed E-state index contributed by atoms with van der Waals surface area (Å²) in [5.74, 6) is 0.0806. The number of halogens is 1. The molecule has 1 fully saturated rings. The normalized spacial score (nSPS) is 16.1. The third-order valence-electron chi connectivity index (χ3n) is 4.78. The monoisotopic (exact) mass is 362 g/mol. The molecule has 3 rings (SSSR count). The van der Waals surface area contributed by atoms with E-state index in [4.69, 9.17) is 0 Å². The van der Waals surface area contributed by atoms with Crippen molar-refractivity contribution in [3.8, 4) is 0 Å². The molecule has 1 aliphatic heterocycles. The van der Waals surface area contributed by atoms with Gasteiger partial charge in [-0.05, 0) is 57.8 Å². The molecule has 0 bridgehead atoms. The lowest BCUT2D eigenvalue weighted by molar-refractivity contribution is -0.131. The van der Waals surface area contributed by atoms with Crippen LogP contribution in [0, 0.1) is 13.8 Å². The van der Waals surface area contributed by atoms with Gasteiger partial charge in [0.25, 0.3) is 0 Å². The fraction of sp³-hybridized carbons (Fsp3) is 0.474. The minimum atomic E-state index is -0.558. The van der Waals surface area contributed by atoms with E-state index in [1.54, 1.807) is 6.20 Å². The Bertz CT molecular complexity index is 673. The molecule has 6 heteroatoms. The number of nitrogens with zero attached hydrogens (tertiary/aromatic N) is 2. The number of hydrogen-bond acceptors (Lipinski definition) is 3. The number of benzene rings is 1. The van der Waals surface area contributed by atoms with E-state index in [0.29, 0.717) is 6.54 Å². The number of aryl methyl sites for hydroxylation is 2. The number of aromatic nitrogens is 2. The molecule has 1 amide bonds. The Hall–Kier alpha value is -1.85. The first-order valence-electron chi connectivity index (χ1n) is 8.66. The van der Waals surface area contributed by atoms with Gasteiger partial charge in [0, 0.05) is 18.9 Å². The van der Waals surface area contributed by atoms with Crippen molar-refractivity contribution in [1.82, 2.24) is 20.4 Å². The molecule has 25 heavy (non-hydrogen) atoms. The molecule has 2 heterocycles. The van der Waals surface area contributed by atoms with E-state index in [-0.39, 0.29) is 18.3 Å². The Labute approximate surface area is 155 Å². The SMILES string of the molecule is Cc1cc(C)cc(CCNC(=O)C2(n3cccn3)CCNCC2)c1.Cl. The fourth-order valence-electron chi connectivity index (χ4n) is 3.62. The zero-order valence-electron chi connectivity index (χ0n) is 14.9. The van der Waals surface area contributed by atoms with Gasteiger partial charge in [-0.1, -0.05) is 29.3 Å². The van der Waals surface area contributed by atoms with Gasteiger partial charge >= 0.3 is 0 Å². The Morgan fingerprint density at radius 3 is 2.52 bits per heavy atom. The van der Waals surface area contributed by atoms with E-state index < -0.39 is 5.54 Å². The van der Waals surface area contributed by atoms with Gasteiger partial charge in [0.2, 0.25) is 5.91 Å². The van der Waals surface area contributed by atoms with E-state index in [2.05, 4.69) is 47.8 Å². The van der Waals surface area contributed by atoms with Crippen LogP contribution in [0.1, 0.15) is 29.5 Å². The van der Waals surface area contributed by atoms with Crippen LogP contribution in [0.15, 0.2) is 36.7 Å². The van der Waals surface area contributed by atoms with Gasteiger partial charge < -0.3 is 10.6 Å². The molecule has 1 aromatic heterocycles. The average molecular weight is 363 g/mol. The Balaban J connectivity index is 0.00000225. The van der Waals surface area contributed by atoms with Crippen LogP contribution < -0.4 is 10.6 Å². The Morgan fingerprint density at radius 2 is 1.92 bits per heavy atom. The highest BCUT2D eigenvalue weighted by Gasteiger charge is 2.41. The minimum Gasteiger partial charge on any atom is -0.354 e. The highest BCUT2D eigenvalue weighted by atomic mass is 35.5. The summed E-state index contributed by atoms with van der Waals surface area (Å²) in [6, 6.07) is 8.43. The fourth-order valence-corrected chi connectivity index (χ4v) is 3.62. The molecular formula is C19H27ClN4O. The lowest BCUT2D eigenvalue weighted by Crippen LogP contribution is -2.54. The largest absolute Gasteiger partial charge is 0.354 e. The highest BCUT2D eigenvalue weighted by molar-refractivity contribution is 5.85. The van der Waals surface area contributed by atoms with Crippen LogP contribution in [0.4, 0.5) is 0 Å².